The molecule has 1 rings (SSSR count). The highest BCUT2D eigenvalue weighted by Gasteiger charge is 2.05. The maximum absolute atomic E-state index is 12.9. The maximum Gasteiger partial charge on any atom is 0.177 e. The highest BCUT2D eigenvalue weighted by atomic mass is 19.1. The van der Waals surface area contributed by atoms with Crippen LogP contribution in [0.1, 0.15) is 0 Å². The van der Waals surface area contributed by atoms with Crippen molar-refractivity contribution in [3.8, 4) is 5.75 Å². The lowest BCUT2D eigenvalue weighted by molar-refractivity contribution is 0.302. The molecule has 0 atom stereocenters. The van der Waals surface area contributed by atoms with E-state index in [1.165, 1.54) is 0 Å². The summed E-state index contributed by atoms with van der Waals surface area (Å²) in [6.07, 6.45) is 0. The van der Waals surface area contributed by atoms with Gasteiger partial charge in [0.25, 0.3) is 0 Å². The lowest BCUT2D eigenvalue weighted by Crippen LogP contribution is -2.21. The van der Waals surface area contributed by atoms with Crippen molar-refractivity contribution in [2.75, 3.05) is 6.61 Å². The lowest BCUT2D eigenvalue weighted by Gasteiger charge is -2.05. The van der Waals surface area contributed by atoms with Gasteiger partial charge in [-0.1, -0.05) is 5.16 Å². The summed E-state index contributed by atoms with van der Waals surface area (Å²) >= 11 is 0. The standard InChI is InChI=1S/C8H8F2N2O2/c9-5-1-2-6(10)7(3-5)14-4-8(11)12-13/h1-3,13H,4H2,(H2,11,12). The van der Waals surface area contributed by atoms with Gasteiger partial charge < -0.3 is 15.7 Å². The highest BCUT2D eigenvalue weighted by molar-refractivity contribution is 5.81. The van der Waals surface area contributed by atoms with Crippen LogP contribution in [0.4, 0.5) is 8.78 Å². The molecule has 1 aromatic carbocycles. The molecule has 3 N–H and O–H groups in total. The van der Waals surface area contributed by atoms with E-state index < -0.39 is 11.6 Å². The van der Waals surface area contributed by atoms with Crippen LogP contribution in [-0.2, 0) is 0 Å². The van der Waals surface area contributed by atoms with Crippen molar-refractivity contribution < 1.29 is 18.7 Å². The Balaban J connectivity index is 2.71. The van der Waals surface area contributed by atoms with Crippen LogP contribution in [-0.4, -0.2) is 17.6 Å². The molecule has 76 valence electrons. The molecule has 0 aromatic heterocycles. The van der Waals surface area contributed by atoms with Crippen molar-refractivity contribution in [3.63, 3.8) is 0 Å². The lowest BCUT2D eigenvalue weighted by atomic mass is 10.3. The normalized spacial score (nSPS) is 11.4. The molecule has 0 amide bonds. The average Bonchev–Trinajstić information content (AvgIpc) is 2.19. The van der Waals surface area contributed by atoms with Crippen molar-refractivity contribution in [2.24, 2.45) is 10.9 Å². The first-order valence-corrected chi connectivity index (χ1v) is 3.67. The Bertz CT molecular complexity index is 355. The number of hydrogen-bond donors (Lipinski definition) is 2. The van der Waals surface area contributed by atoms with Crippen LogP contribution in [0.2, 0.25) is 0 Å². The summed E-state index contributed by atoms with van der Waals surface area (Å²) in [5, 5.41) is 10.8. The second-order valence-electron chi connectivity index (χ2n) is 2.45. The monoisotopic (exact) mass is 202 g/mol. The molecule has 0 aliphatic carbocycles. The Morgan fingerprint density at radius 2 is 2.21 bits per heavy atom. The molecule has 0 spiro atoms. The fourth-order valence-electron chi connectivity index (χ4n) is 0.768. The minimum absolute atomic E-state index is 0.228. The van der Waals surface area contributed by atoms with Crippen LogP contribution < -0.4 is 10.5 Å². The molecule has 0 heterocycles. The molecule has 0 aliphatic heterocycles. The SMILES string of the molecule is N/C(COc1cc(F)ccc1F)=N/O. The molecule has 0 fully saturated rings. The molecule has 14 heavy (non-hydrogen) atoms. The van der Waals surface area contributed by atoms with Crippen molar-refractivity contribution in [2.45, 2.75) is 0 Å². The summed E-state index contributed by atoms with van der Waals surface area (Å²) < 4.78 is 30.2. The van der Waals surface area contributed by atoms with E-state index in [0.717, 1.165) is 18.2 Å². The Labute approximate surface area is 78.6 Å². The minimum Gasteiger partial charge on any atom is -0.482 e. The zero-order valence-electron chi connectivity index (χ0n) is 7.08. The van der Waals surface area contributed by atoms with Crippen molar-refractivity contribution in [3.05, 3.63) is 29.8 Å². The van der Waals surface area contributed by atoms with Gasteiger partial charge in [0.1, 0.15) is 12.4 Å². The summed E-state index contributed by atoms with van der Waals surface area (Å²) in [7, 11) is 0. The predicted molar refractivity (Wildman–Crippen MR) is 45.3 cm³/mol. The highest BCUT2D eigenvalue weighted by Crippen LogP contribution is 2.17. The third-order valence-electron chi connectivity index (χ3n) is 1.40. The number of rotatable bonds is 3. The number of nitrogens with two attached hydrogens (primary N) is 1. The first kappa shape index (κ1) is 10.2. The van der Waals surface area contributed by atoms with Crippen LogP contribution in [0.25, 0.3) is 0 Å². The van der Waals surface area contributed by atoms with Gasteiger partial charge in [0, 0.05) is 6.07 Å². The Morgan fingerprint density at radius 1 is 1.50 bits per heavy atom. The van der Waals surface area contributed by atoms with Crippen LogP contribution >= 0.6 is 0 Å². The van der Waals surface area contributed by atoms with E-state index in [1.54, 1.807) is 0 Å². The van der Waals surface area contributed by atoms with Gasteiger partial charge >= 0.3 is 0 Å². The zero-order valence-corrected chi connectivity index (χ0v) is 7.08. The molecule has 1 aromatic rings. The largest absolute Gasteiger partial charge is 0.482 e. The summed E-state index contributed by atoms with van der Waals surface area (Å²) in [6, 6.07) is 2.77. The molecule has 0 aliphatic rings. The van der Waals surface area contributed by atoms with Crippen LogP contribution in [0.3, 0.4) is 0 Å². The quantitative estimate of drug-likeness (QED) is 0.333. The molecular weight excluding hydrogens is 194 g/mol. The molecule has 4 nitrogen and oxygen atoms in total. The summed E-state index contributed by atoms with van der Waals surface area (Å²) in [4.78, 5) is 0. The number of ether oxygens (including phenoxy) is 1. The molecule has 0 radical (unpaired) electrons. The number of benzene rings is 1. The third-order valence-corrected chi connectivity index (χ3v) is 1.40. The van der Waals surface area contributed by atoms with Gasteiger partial charge in [-0.15, -0.1) is 0 Å². The maximum atomic E-state index is 12.9. The first-order valence-electron chi connectivity index (χ1n) is 3.67. The summed E-state index contributed by atoms with van der Waals surface area (Å²) in [6.45, 7) is -0.309. The van der Waals surface area contributed by atoms with E-state index in [-0.39, 0.29) is 18.2 Å². The van der Waals surface area contributed by atoms with Crippen molar-refractivity contribution >= 4 is 5.84 Å². The van der Waals surface area contributed by atoms with E-state index in [9.17, 15) is 8.78 Å². The van der Waals surface area contributed by atoms with Crippen LogP contribution in [0, 0.1) is 11.6 Å². The Kier molecular flexibility index (Phi) is 3.22. The van der Waals surface area contributed by atoms with Crippen molar-refractivity contribution in [1.29, 1.82) is 0 Å². The van der Waals surface area contributed by atoms with E-state index in [4.69, 9.17) is 15.7 Å². The second kappa shape index (κ2) is 4.40. The average molecular weight is 202 g/mol. The first-order chi connectivity index (χ1) is 6.63. The topological polar surface area (TPSA) is 67.8 Å². The fourth-order valence-corrected chi connectivity index (χ4v) is 0.768. The van der Waals surface area contributed by atoms with Crippen LogP contribution in [0.15, 0.2) is 23.4 Å². The van der Waals surface area contributed by atoms with E-state index >= 15 is 0 Å². The predicted octanol–water partition coefficient (Wildman–Crippen LogP) is 1.09. The molecule has 0 saturated carbocycles. The fraction of sp³-hybridized carbons (Fsp3) is 0.125. The van der Waals surface area contributed by atoms with Gasteiger partial charge in [0.15, 0.2) is 17.4 Å². The van der Waals surface area contributed by atoms with Crippen LogP contribution in [0.5, 0.6) is 5.75 Å². The molecule has 6 heteroatoms. The number of nitrogens with zero attached hydrogens (tertiary/aromatic N) is 1. The number of oxime groups is 1. The molecule has 0 saturated heterocycles. The van der Waals surface area contributed by atoms with Gasteiger partial charge in [0.05, 0.1) is 0 Å². The number of halogens is 2. The van der Waals surface area contributed by atoms with Gasteiger partial charge in [-0.25, -0.2) is 8.78 Å². The summed E-state index contributed by atoms with van der Waals surface area (Å²) in [5.41, 5.74) is 5.07. The number of hydrogen-bond acceptors (Lipinski definition) is 3. The van der Waals surface area contributed by atoms with Gasteiger partial charge in [0.2, 0.25) is 0 Å². The molecule has 0 unspecified atom stereocenters. The van der Waals surface area contributed by atoms with Gasteiger partial charge in [-0.3, -0.25) is 0 Å². The minimum atomic E-state index is -0.711. The number of amidine groups is 1. The van der Waals surface area contributed by atoms with E-state index in [0.29, 0.717) is 0 Å². The van der Waals surface area contributed by atoms with Gasteiger partial charge in [-0.05, 0) is 12.1 Å². The van der Waals surface area contributed by atoms with Crippen molar-refractivity contribution in [1.82, 2.24) is 0 Å². The summed E-state index contributed by atoms with van der Waals surface area (Å²) in [5.74, 6) is -1.84. The smallest absolute Gasteiger partial charge is 0.177 e. The molecule has 0 bridgehead atoms. The van der Waals surface area contributed by atoms with Gasteiger partial charge in [-0.2, -0.15) is 0 Å². The second-order valence-corrected chi connectivity index (χ2v) is 2.45. The Hall–Kier alpha value is -1.85. The zero-order chi connectivity index (χ0) is 10.6. The third kappa shape index (κ3) is 2.58. The molecular formula is C8H8F2N2O2. The van der Waals surface area contributed by atoms with E-state index in [1.807, 2.05) is 0 Å². The van der Waals surface area contributed by atoms with E-state index in [2.05, 4.69) is 5.16 Å². The Morgan fingerprint density at radius 3 is 2.86 bits per heavy atom.